The number of nitrogens with two attached hydrogens (primary N) is 2. The van der Waals surface area contributed by atoms with Gasteiger partial charge >= 0.3 is 0 Å². The lowest BCUT2D eigenvalue weighted by atomic mass is 9.98. The molecule has 5 N–H and O–H groups in total. The van der Waals surface area contributed by atoms with Crippen LogP contribution in [0.25, 0.3) is 0 Å². The summed E-state index contributed by atoms with van der Waals surface area (Å²) in [5.41, 5.74) is 11.4. The number of hydrogen-bond acceptors (Lipinski definition) is 4. The number of nitrogens with zero attached hydrogens (tertiary/aromatic N) is 1. The van der Waals surface area contributed by atoms with E-state index < -0.39 is 0 Å². The molecule has 1 aromatic carbocycles. The molecule has 0 bridgehead atoms. The van der Waals surface area contributed by atoms with Crippen LogP contribution in [0.3, 0.4) is 0 Å². The van der Waals surface area contributed by atoms with Crippen molar-refractivity contribution < 1.29 is 0 Å². The summed E-state index contributed by atoms with van der Waals surface area (Å²) in [6.45, 7) is 0. The predicted octanol–water partition coefficient (Wildman–Crippen LogP) is 2.06. The second kappa shape index (κ2) is 5.82. The maximum absolute atomic E-state index is 6.09. The Bertz CT molecular complexity index is 530. The summed E-state index contributed by atoms with van der Waals surface area (Å²) in [5, 5.41) is 0.632. The Labute approximate surface area is 111 Å². The van der Waals surface area contributed by atoms with Gasteiger partial charge in [-0.3, -0.25) is 16.3 Å². The number of nitrogen functional groups attached to an aromatic ring is 1. The Morgan fingerprint density at radius 1 is 1.28 bits per heavy atom. The molecule has 1 heterocycles. The molecule has 4 nitrogen and oxygen atoms in total. The lowest BCUT2D eigenvalue weighted by Crippen LogP contribution is -2.30. The van der Waals surface area contributed by atoms with E-state index >= 15 is 0 Å². The van der Waals surface area contributed by atoms with Gasteiger partial charge in [0, 0.05) is 18.1 Å². The number of hydrazine groups is 1. The molecule has 0 radical (unpaired) electrons. The van der Waals surface area contributed by atoms with Gasteiger partial charge in [0.05, 0.1) is 11.1 Å². The first-order chi connectivity index (χ1) is 8.72. The van der Waals surface area contributed by atoms with E-state index in [1.54, 1.807) is 12.4 Å². The quantitative estimate of drug-likeness (QED) is 0.448. The topological polar surface area (TPSA) is 77.0 Å². The number of anilines is 1. The van der Waals surface area contributed by atoms with Crippen molar-refractivity contribution in [3.63, 3.8) is 0 Å². The minimum Gasteiger partial charge on any atom is -0.398 e. The molecule has 5 heteroatoms. The van der Waals surface area contributed by atoms with Crippen LogP contribution in [0.1, 0.15) is 17.2 Å². The normalized spacial score (nSPS) is 12.3. The summed E-state index contributed by atoms with van der Waals surface area (Å²) in [7, 11) is 0. The standard InChI is InChI=1S/C13H15ClN4/c14-11-8-17-6-5-9(11)7-13(18-16)10-3-1-2-4-12(10)15/h1-6,8,13,18H,7,15-16H2. The van der Waals surface area contributed by atoms with Crippen molar-refractivity contribution in [1.82, 2.24) is 10.4 Å². The lowest BCUT2D eigenvalue weighted by molar-refractivity contribution is 0.553. The molecule has 0 amide bonds. The molecule has 0 saturated carbocycles. The average Bonchev–Trinajstić information content (AvgIpc) is 2.39. The van der Waals surface area contributed by atoms with Crippen molar-refractivity contribution in [3.05, 3.63) is 58.9 Å². The summed E-state index contributed by atoms with van der Waals surface area (Å²) in [5.74, 6) is 5.61. The number of halogens is 1. The van der Waals surface area contributed by atoms with Gasteiger partial charge < -0.3 is 5.73 Å². The minimum absolute atomic E-state index is 0.0777. The number of aromatic nitrogens is 1. The molecule has 18 heavy (non-hydrogen) atoms. The molecule has 0 spiro atoms. The summed E-state index contributed by atoms with van der Waals surface area (Å²) in [4.78, 5) is 3.96. The third-order valence-electron chi connectivity index (χ3n) is 2.85. The maximum atomic E-state index is 6.09. The zero-order chi connectivity index (χ0) is 13.0. The fraction of sp³-hybridized carbons (Fsp3) is 0.154. The lowest BCUT2D eigenvalue weighted by Gasteiger charge is -2.18. The summed E-state index contributed by atoms with van der Waals surface area (Å²) >= 11 is 6.09. The van der Waals surface area contributed by atoms with Crippen LogP contribution in [0.5, 0.6) is 0 Å². The van der Waals surface area contributed by atoms with E-state index in [9.17, 15) is 0 Å². The maximum Gasteiger partial charge on any atom is 0.0622 e. The smallest absolute Gasteiger partial charge is 0.0622 e. The zero-order valence-electron chi connectivity index (χ0n) is 9.81. The number of rotatable bonds is 4. The second-order valence-electron chi connectivity index (χ2n) is 4.02. The highest BCUT2D eigenvalue weighted by Gasteiger charge is 2.14. The summed E-state index contributed by atoms with van der Waals surface area (Å²) < 4.78 is 0. The SMILES string of the molecule is NNC(Cc1ccncc1Cl)c1ccccc1N. The average molecular weight is 263 g/mol. The highest BCUT2D eigenvalue weighted by atomic mass is 35.5. The molecule has 0 saturated heterocycles. The van der Waals surface area contributed by atoms with Crippen molar-refractivity contribution >= 4 is 17.3 Å². The van der Waals surface area contributed by atoms with Crippen LogP contribution >= 0.6 is 11.6 Å². The molecule has 0 aliphatic rings. The molecule has 2 aromatic rings. The molecule has 1 unspecified atom stereocenters. The van der Waals surface area contributed by atoms with Crippen LogP contribution in [-0.4, -0.2) is 4.98 Å². The third-order valence-corrected chi connectivity index (χ3v) is 3.19. The fourth-order valence-corrected chi connectivity index (χ4v) is 2.07. The Morgan fingerprint density at radius 2 is 2.06 bits per heavy atom. The largest absolute Gasteiger partial charge is 0.398 e. The van der Waals surface area contributed by atoms with Gasteiger partial charge in [0.25, 0.3) is 0 Å². The van der Waals surface area contributed by atoms with E-state index in [0.717, 1.165) is 11.1 Å². The third kappa shape index (κ3) is 2.79. The van der Waals surface area contributed by atoms with Crippen LogP contribution in [0.2, 0.25) is 5.02 Å². The van der Waals surface area contributed by atoms with Gasteiger partial charge in [-0.2, -0.15) is 0 Å². The number of hydrogen-bond donors (Lipinski definition) is 3. The number of para-hydroxylation sites is 1. The fourth-order valence-electron chi connectivity index (χ4n) is 1.88. The monoisotopic (exact) mass is 262 g/mol. The van der Waals surface area contributed by atoms with Crippen molar-refractivity contribution in [2.75, 3.05) is 5.73 Å². The van der Waals surface area contributed by atoms with Crippen molar-refractivity contribution in [1.29, 1.82) is 0 Å². The van der Waals surface area contributed by atoms with Crippen LogP contribution in [0.15, 0.2) is 42.7 Å². The van der Waals surface area contributed by atoms with Crippen molar-refractivity contribution in [2.24, 2.45) is 5.84 Å². The van der Waals surface area contributed by atoms with E-state index in [1.807, 2.05) is 30.3 Å². The molecule has 0 aliphatic carbocycles. The van der Waals surface area contributed by atoms with Gasteiger partial charge in [0.15, 0.2) is 0 Å². The summed E-state index contributed by atoms with van der Waals surface area (Å²) in [6.07, 6.45) is 3.99. The Hall–Kier alpha value is -1.62. The zero-order valence-corrected chi connectivity index (χ0v) is 10.6. The van der Waals surface area contributed by atoms with Crippen LogP contribution in [0.4, 0.5) is 5.69 Å². The van der Waals surface area contributed by atoms with Crippen molar-refractivity contribution in [2.45, 2.75) is 12.5 Å². The molecule has 1 aromatic heterocycles. The second-order valence-corrected chi connectivity index (χ2v) is 4.43. The first-order valence-electron chi connectivity index (χ1n) is 5.61. The highest BCUT2D eigenvalue weighted by Crippen LogP contribution is 2.25. The van der Waals surface area contributed by atoms with E-state index in [2.05, 4.69) is 10.4 Å². The predicted molar refractivity (Wildman–Crippen MR) is 73.9 cm³/mol. The molecule has 0 aliphatic heterocycles. The van der Waals surface area contributed by atoms with Gasteiger partial charge in [0.2, 0.25) is 0 Å². The first-order valence-corrected chi connectivity index (χ1v) is 5.99. The Balaban J connectivity index is 2.26. The van der Waals surface area contributed by atoms with Crippen molar-refractivity contribution in [3.8, 4) is 0 Å². The highest BCUT2D eigenvalue weighted by molar-refractivity contribution is 6.31. The van der Waals surface area contributed by atoms with Gasteiger partial charge in [0.1, 0.15) is 0 Å². The molecule has 94 valence electrons. The van der Waals surface area contributed by atoms with E-state index in [1.165, 1.54) is 0 Å². The Morgan fingerprint density at radius 3 is 2.72 bits per heavy atom. The minimum atomic E-state index is -0.0777. The van der Waals surface area contributed by atoms with Gasteiger partial charge in [-0.1, -0.05) is 29.8 Å². The number of benzene rings is 1. The molecule has 1 atom stereocenters. The number of nitrogens with one attached hydrogen (secondary N) is 1. The van der Waals surface area contributed by atoms with E-state index in [4.69, 9.17) is 23.2 Å². The molecular weight excluding hydrogens is 248 g/mol. The first kappa shape index (κ1) is 12.8. The van der Waals surface area contributed by atoms with E-state index in [0.29, 0.717) is 17.1 Å². The van der Waals surface area contributed by atoms with Gasteiger partial charge in [-0.25, -0.2) is 0 Å². The van der Waals surface area contributed by atoms with E-state index in [-0.39, 0.29) is 6.04 Å². The van der Waals surface area contributed by atoms with Gasteiger partial charge in [-0.05, 0) is 29.7 Å². The van der Waals surface area contributed by atoms with Gasteiger partial charge in [-0.15, -0.1) is 0 Å². The number of pyridine rings is 1. The van der Waals surface area contributed by atoms with Crippen LogP contribution < -0.4 is 17.0 Å². The molecule has 0 fully saturated rings. The van der Waals surface area contributed by atoms with Crippen LogP contribution in [-0.2, 0) is 6.42 Å². The Kier molecular flexibility index (Phi) is 4.15. The molecular formula is C13H15ClN4. The molecule has 2 rings (SSSR count). The summed E-state index contributed by atoms with van der Waals surface area (Å²) in [6, 6.07) is 9.44. The van der Waals surface area contributed by atoms with Crippen LogP contribution in [0, 0.1) is 0 Å².